The van der Waals surface area contributed by atoms with Gasteiger partial charge in [-0.25, -0.2) is 9.97 Å². The lowest BCUT2D eigenvalue weighted by molar-refractivity contribution is 0.920. The maximum atomic E-state index is 4.39. The van der Waals surface area contributed by atoms with Gasteiger partial charge in [0.2, 0.25) is 0 Å². The van der Waals surface area contributed by atoms with E-state index in [0.717, 1.165) is 18.1 Å². The summed E-state index contributed by atoms with van der Waals surface area (Å²) in [4.78, 5) is 8.40. The van der Waals surface area contributed by atoms with Crippen LogP contribution in [-0.2, 0) is 13.6 Å². The van der Waals surface area contributed by atoms with Crippen molar-refractivity contribution in [2.75, 3.05) is 5.32 Å². The van der Waals surface area contributed by atoms with Gasteiger partial charge in [-0.15, -0.1) is 0 Å². The second-order valence-electron chi connectivity index (χ2n) is 4.41. The molecule has 0 saturated carbocycles. The quantitative estimate of drug-likeness (QED) is 0.775. The number of nitrogens with one attached hydrogen (secondary N) is 1. The highest BCUT2D eigenvalue weighted by atomic mass is 15.1. The molecular weight excluding hydrogens is 238 g/mol. The van der Waals surface area contributed by atoms with E-state index in [1.807, 2.05) is 46.9 Å². The van der Waals surface area contributed by atoms with Crippen LogP contribution >= 0.6 is 0 Å². The van der Waals surface area contributed by atoms with Crippen LogP contribution in [0.1, 0.15) is 5.56 Å². The lowest BCUT2D eigenvalue weighted by Gasteiger charge is -2.06. The molecule has 0 spiro atoms. The Morgan fingerprint density at radius 2 is 2.16 bits per heavy atom. The van der Waals surface area contributed by atoms with E-state index < -0.39 is 0 Å². The Morgan fingerprint density at radius 1 is 1.21 bits per heavy atom. The van der Waals surface area contributed by atoms with Crippen LogP contribution in [0, 0.1) is 0 Å². The summed E-state index contributed by atoms with van der Waals surface area (Å²) in [5, 5.41) is 3.35. The van der Waals surface area contributed by atoms with Gasteiger partial charge in [0.15, 0.2) is 0 Å². The summed E-state index contributed by atoms with van der Waals surface area (Å²) < 4.78 is 3.92. The minimum Gasteiger partial charge on any atom is -0.380 e. The highest BCUT2D eigenvalue weighted by Crippen LogP contribution is 2.11. The minimum absolute atomic E-state index is 0.799. The van der Waals surface area contributed by atoms with E-state index in [9.17, 15) is 0 Å². The maximum Gasteiger partial charge on any atom is 0.137 e. The summed E-state index contributed by atoms with van der Waals surface area (Å²) in [6.07, 6.45) is 11.3. The van der Waals surface area contributed by atoms with E-state index in [0.29, 0.717) is 0 Å². The Kier molecular flexibility index (Phi) is 3.02. The maximum absolute atomic E-state index is 4.39. The van der Waals surface area contributed by atoms with Crippen molar-refractivity contribution in [3.8, 4) is 5.82 Å². The summed E-state index contributed by atoms with van der Waals surface area (Å²) in [5.74, 6) is 0.864. The zero-order valence-corrected chi connectivity index (χ0v) is 10.7. The zero-order valence-electron chi connectivity index (χ0n) is 10.7. The van der Waals surface area contributed by atoms with Crippen molar-refractivity contribution < 1.29 is 0 Å². The van der Waals surface area contributed by atoms with E-state index in [1.165, 1.54) is 5.56 Å². The number of pyridine rings is 1. The van der Waals surface area contributed by atoms with Crippen molar-refractivity contribution >= 4 is 5.69 Å². The molecule has 19 heavy (non-hydrogen) atoms. The molecule has 0 radical (unpaired) electrons. The van der Waals surface area contributed by atoms with Gasteiger partial charge < -0.3 is 9.88 Å². The number of imidazole rings is 1. The van der Waals surface area contributed by atoms with Gasteiger partial charge in [-0.3, -0.25) is 4.57 Å². The Bertz CT molecular complexity index is 637. The summed E-state index contributed by atoms with van der Waals surface area (Å²) >= 11 is 0. The molecule has 0 aliphatic rings. The first-order valence-electron chi connectivity index (χ1n) is 6.10. The number of aromatic nitrogens is 4. The number of anilines is 1. The van der Waals surface area contributed by atoms with Crippen molar-refractivity contribution in [2.45, 2.75) is 6.54 Å². The predicted octanol–water partition coefficient (Wildman–Crippen LogP) is 2.22. The molecule has 3 aromatic rings. The highest BCUT2D eigenvalue weighted by Gasteiger charge is 1.99. The summed E-state index contributed by atoms with van der Waals surface area (Å²) in [7, 11) is 2.02. The number of hydrogen-bond acceptors (Lipinski definition) is 3. The van der Waals surface area contributed by atoms with Crippen LogP contribution in [0.2, 0.25) is 0 Å². The van der Waals surface area contributed by atoms with Crippen LogP contribution in [-0.4, -0.2) is 19.1 Å². The summed E-state index contributed by atoms with van der Waals surface area (Å²) in [6.45, 7) is 0.799. The molecule has 96 valence electrons. The van der Waals surface area contributed by atoms with E-state index >= 15 is 0 Å². The average molecular weight is 253 g/mol. The number of nitrogens with zero attached hydrogens (tertiary/aromatic N) is 4. The van der Waals surface area contributed by atoms with Crippen molar-refractivity contribution in [3.63, 3.8) is 0 Å². The van der Waals surface area contributed by atoms with Gasteiger partial charge in [-0.1, -0.05) is 0 Å². The molecule has 0 aliphatic heterocycles. The van der Waals surface area contributed by atoms with Crippen LogP contribution < -0.4 is 5.32 Å². The third-order valence-electron chi connectivity index (χ3n) is 2.91. The van der Waals surface area contributed by atoms with Gasteiger partial charge >= 0.3 is 0 Å². The standard InChI is InChI=1S/C14H15N5/c1-18-6-4-12(10-18)8-16-13-2-3-14(17-9-13)19-7-5-15-11-19/h2-7,9-11,16H,8H2,1H3. The highest BCUT2D eigenvalue weighted by molar-refractivity contribution is 5.44. The fraction of sp³-hybridized carbons (Fsp3) is 0.143. The van der Waals surface area contributed by atoms with Crippen LogP contribution in [0.25, 0.3) is 5.82 Å². The molecule has 0 unspecified atom stereocenters. The van der Waals surface area contributed by atoms with Crippen LogP contribution in [0.3, 0.4) is 0 Å². The first-order valence-corrected chi connectivity index (χ1v) is 6.10. The molecule has 3 heterocycles. The lowest BCUT2D eigenvalue weighted by Crippen LogP contribution is -2.00. The minimum atomic E-state index is 0.799. The van der Waals surface area contributed by atoms with Crippen LogP contribution in [0.5, 0.6) is 0 Å². The average Bonchev–Trinajstić information content (AvgIpc) is 3.08. The molecule has 3 rings (SSSR count). The van der Waals surface area contributed by atoms with Gasteiger partial charge in [0.1, 0.15) is 12.1 Å². The van der Waals surface area contributed by atoms with E-state index in [1.54, 1.807) is 12.5 Å². The molecule has 0 aromatic carbocycles. The Morgan fingerprint density at radius 3 is 2.79 bits per heavy atom. The van der Waals surface area contributed by atoms with Crippen LogP contribution in [0.4, 0.5) is 5.69 Å². The molecule has 5 heteroatoms. The molecule has 5 nitrogen and oxygen atoms in total. The second kappa shape index (κ2) is 4.97. The SMILES string of the molecule is Cn1ccc(CNc2ccc(-n3ccnc3)nc2)c1. The lowest BCUT2D eigenvalue weighted by atomic mass is 10.3. The Hall–Kier alpha value is -2.56. The van der Waals surface area contributed by atoms with Crippen molar-refractivity contribution in [1.29, 1.82) is 0 Å². The Labute approximate surface area is 111 Å². The third-order valence-corrected chi connectivity index (χ3v) is 2.91. The number of rotatable bonds is 4. The molecule has 1 N–H and O–H groups in total. The van der Waals surface area contributed by atoms with Gasteiger partial charge in [0, 0.05) is 38.4 Å². The van der Waals surface area contributed by atoms with E-state index in [4.69, 9.17) is 0 Å². The monoisotopic (exact) mass is 253 g/mol. The van der Waals surface area contributed by atoms with Crippen molar-refractivity contribution in [3.05, 3.63) is 61.1 Å². The number of hydrogen-bond donors (Lipinski definition) is 1. The molecule has 0 saturated heterocycles. The van der Waals surface area contributed by atoms with Gasteiger partial charge in [0.05, 0.1) is 11.9 Å². The molecule has 0 atom stereocenters. The van der Waals surface area contributed by atoms with Crippen molar-refractivity contribution in [1.82, 2.24) is 19.1 Å². The van der Waals surface area contributed by atoms with Gasteiger partial charge in [-0.2, -0.15) is 0 Å². The Balaban J connectivity index is 1.66. The first kappa shape index (κ1) is 11.5. The normalized spacial score (nSPS) is 10.6. The number of aryl methyl sites for hydroxylation is 1. The fourth-order valence-electron chi connectivity index (χ4n) is 1.91. The first-order chi connectivity index (χ1) is 9.31. The molecule has 0 bridgehead atoms. The summed E-state index contributed by atoms with van der Waals surface area (Å²) in [6, 6.07) is 6.08. The molecule has 0 aliphatic carbocycles. The molecule has 3 aromatic heterocycles. The largest absolute Gasteiger partial charge is 0.380 e. The molecular formula is C14H15N5. The van der Waals surface area contributed by atoms with Gasteiger partial charge in [-0.05, 0) is 23.8 Å². The molecule has 0 amide bonds. The predicted molar refractivity (Wildman–Crippen MR) is 74.1 cm³/mol. The van der Waals surface area contributed by atoms with Crippen molar-refractivity contribution in [2.24, 2.45) is 7.05 Å². The second-order valence-corrected chi connectivity index (χ2v) is 4.41. The van der Waals surface area contributed by atoms with Gasteiger partial charge in [0.25, 0.3) is 0 Å². The summed E-state index contributed by atoms with van der Waals surface area (Å²) in [5.41, 5.74) is 2.26. The van der Waals surface area contributed by atoms with E-state index in [-0.39, 0.29) is 0 Å². The topological polar surface area (TPSA) is 47.7 Å². The molecule has 0 fully saturated rings. The smallest absolute Gasteiger partial charge is 0.137 e. The van der Waals surface area contributed by atoms with Crippen LogP contribution in [0.15, 0.2) is 55.5 Å². The van der Waals surface area contributed by atoms with E-state index in [2.05, 4.69) is 27.5 Å². The third kappa shape index (κ3) is 2.65. The fourth-order valence-corrected chi connectivity index (χ4v) is 1.91. The zero-order chi connectivity index (χ0) is 13.1.